The fourth-order valence-electron chi connectivity index (χ4n) is 2.80. The van der Waals surface area contributed by atoms with E-state index in [0.29, 0.717) is 11.8 Å². The summed E-state index contributed by atoms with van der Waals surface area (Å²) in [6.45, 7) is 2.96. The van der Waals surface area contributed by atoms with Crippen LogP contribution in [0.2, 0.25) is 0 Å². The van der Waals surface area contributed by atoms with Crippen molar-refractivity contribution in [1.82, 2.24) is 25.5 Å². The van der Waals surface area contributed by atoms with Gasteiger partial charge in [0.15, 0.2) is 0 Å². The average Bonchev–Trinajstić information content (AvgIpc) is 3.02. The molecular weight excluding hydrogens is 298 g/mol. The molecule has 0 aliphatic heterocycles. The van der Waals surface area contributed by atoms with E-state index >= 15 is 0 Å². The molecule has 22 heavy (non-hydrogen) atoms. The zero-order valence-corrected chi connectivity index (χ0v) is 14.3. The Balaban J connectivity index is 1.70. The molecule has 0 saturated heterocycles. The quantitative estimate of drug-likeness (QED) is 0.558. The van der Waals surface area contributed by atoms with Crippen LogP contribution in [0.25, 0.3) is 0 Å². The molecule has 7 heteroatoms. The molecule has 1 aliphatic rings. The van der Waals surface area contributed by atoms with Crippen molar-refractivity contribution < 1.29 is 4.79 Å². The van der Waals surface area contributed by atoms with Gasteiger partial charge in [-0.05, 0) is 29.7 Å². The van der Waals surface area contributed by atoms with Gasteiger partial charge in [-0.1, -0.05) is 57.2 Å². The van der Waals surface area contributed by atoms with Crippen molar-refractivity contribution in [3.05, 3.63) is 0 Å². The minimum absolute atomic E-state index is 0.0692. The lowest BCUT2D eigenvalue weighted by molar-refractivity contribution is -0.118. The Kier molecular flexibility index (Phi) is 7.70. The summed E-state index contributed by atoms with van der Waals surface area (Å²) < 4.78 is 1.92. The normalized spacial score (nSPS) is 15.9. The van der Waals surface area contributed by atoms with E-state index in [1.807, 2.05) is 4.68 Å². The Morgan fingerprint density at radius 1 is 1.27 bits per heavy atom. The first-order chi connectivity index (χ1) is 10.8. The number of hydrogen-bond donors (Lipinski definition) is 1. The van der Waals surface area contributed by atoms with E-state index in [1.165, 1.54) is 50.3 Å². The maximum absolute atomic E-state index is 11.8. The fourth-order valence-corrected chi connectivity index (χ4v) is 3.57. The zero-order chi connectivity index (χ0) is 15.6. The van der Waals surface area contributed by atoms with Crippen LogP contribution < -0.4 is 5.32 Å². The minimum Gasteiger partial charge on any atom is -0.355 e. The van der Waals surface area contributed by atoms with Crippen LogP contribution in [0.5, 0.6) is 0 Å². The molecule has 0 unspecified atom stereocenters. The highest BCUT2D eigenvalue weighted by molar-refractivity contribution is 7.99. The Bertz CT molecular complexity index is 445. The average molecular weight is 325 g/mol. The molecule has 1 fully saturated rings. The second-order valence-corrected chi connectivity index (χ2v) is 6.84. The van der Waals surface area contributed by atoms with Crippen LogP contribution in [0.4, 0.5) is 0 Å². The monoisotopic (exact) mass is 325 g/mol. The largest absolute Gasteiger partial charge is 0.355 e. The predicted octanol–water partition coefficient (Wildman–Crippen LogP) is 2.97. The molecule has 1 heterocycles. The van der Waals surface area contributed by atoms with Crippen LogP contribution in [-0.2, 0) is 4.79 Å². The second-order valence-electron chi connectivity index (χ2n) is 5.90. The van der Waals surface area contributed by atoms with E-state index in [0.717, 1.165) is 31.0 Å². The number of unbranched alkanes of at least 4 members (excludes halogenated alkanes) is 3. The van der Waals surface area contributed by atoms with Gasteiger partial charge in [-0.15, -0.1) is 5.10 Å². The maximum Gasteiger partial charge on any atom is 0.230 e. The van der Waals surface area contributed by atoms with Gasteiger partial charge in [-0.2, -0.15) is 0 Å². The standard InChI is InChI=1S/C15H27N5OS/c1-2-3-4-8-11-16-14(21)12-22-15-17-18-19-20(15)13-9-6-5-7-10-13/h13H,2-12H2,1H3,(H,16,21). The Morgan fingerprint density at radius 3 is 2.86 bits per heavy atom. The van der Waals surface area contributed by atoms with Crippen molar-refractivity contribution in [2.75, 3.05) is 12.3 Å². The number of rotatable bonds is 9. The molecule has 1 saturated carbocycles. The molecule has 0 aromatic carbocycles. The van der Waals surface area contributed by atoms with E-state index < -0.39 is 0 Å². The van der Waals surface area contributed by atoms with Crippen molar-refractivity contribution >= 4 is 17.7 Å². The first-order valence-corrected chi connectivity index (χ1v) is 9.47. The van der Waals surface area contributed by atoms with Gasteiger partial charge in [-0.25, -0.2) is 4.68 Å². The molecule has 1 aromatic rings. The zero-order valence-electron chi connectivity index (χ0n) is 13.5. The van der Waals surface area contributed by atoms with Gasteiger partial charge >= 0.3 is 0 Å². The van der Waals surface area contributed by atoms with Crippen molar-refractivity contribution in [3.63, 3.8) is 0 Å². The smallest absolute Gasteiger partial charge is 0.230 e. The molecule has 1 amide bonds. The third-order valence-electron chi connectivity index (χ3n) is 4.07. The summed E-state index contributed by atoms with van der Waals surface area (Å²) in [6, 6.07) is 0.406. The molecule has 0 radical (unpaired) electrons. The summed E-state index contributed by atoms with van der Waals surface area (Å²) in [5.41, 5.74) is 0. The molecule has 1 aromatic heterocycles. The predicted molar refractivity (Wildman–Crippen MR) is 87.8 cm³/mol. The van der Waals surface area contributed by atoms with Crippen molar-refractivity contribution in [2.45, 2.75) is 75.9 Å². The van der Waals surface area contributed by atoms with Crippen LogP contribution in [0, 0.1) is 0 Å². The van der Waals surface area contributed by atoms with Crippen LogP contribution in [0.15, 0.2) is 5.16 Å². The van der Waals surface area contributed by atoms with Crippen LogP contribution in [0.3, 0.4) is 0 Å². The van der Waals surface area contributed by atoms with E-state index in [-0.39, 0.29) is 5.91 Å². The highest BCUT2D eigenvalue weighted by Crippen LogP contribution is 2.30. The van der Waals surface area contributed by atoms with Crippen molar-refractivity contribution in [3.8, 4) is 0 Å². The Labute approximate surface area is 136 Å². The van der Waals surface area contributed by atoms with E-state index in [2.05, 4.69) is 27.8 Å². The van der Waals surface area contributed by atoms with Gasteiger partial charge in [0, 0.05) is 6.54 Å². The lowest BCUT2D eigenvalue weighted by Crippen LogP contribution is -2.26. The first kappa shape index (κ1) is 17.2. The van der Waals surface area contributed by atoms with Crippen LogP contribution in [-0.4, -0.2) is 38.4 Å². The van der Waals surface area contributed by atoms with E-state index in [1.54, 1.807) is 0 Å². The number of aromatic nitrogens is 4. The van der Waals surface area contributed by atoms with Gasteiger partial charge in [-0.3, -0.25) is 4.79 Å². The van der Waals surface area contributed by atoms with E-state index in [9.17, 15) is 4.79 Å². The molecule has 1 N–H and O–H groups in total. The number of amides is 1. The maximum atomic E-state index is 11.8. The molecule has 0 spiro atoms. The number of carbonyl (C=O) groups excluding carboxylic acids is 1. The molecule has 2 rings (SSSR count). The topological polar surface area (TPSA) is 72.7 Å². The first-order valence-electron chi connectivity index (χ1n) is 8.48. The van der Waals surface area contributed by atoms with Crippen molar-refractivity contribution in [1.29, 1.82) is 0 Å². The van der Waals surface area contributed by atoms with Crippen LogP contribution >= 0.6 is 11.8 Å². The summed E-state index contributed by atoms with van der Waals surface area (Å²) in [7, 11) is 0. The number of nitrogens with one attached hydrogen (secondary N) is 1. The van der Waals surface area contributed by atoms with Gasteiger partial charge in [0.05, 0.1) is 11.8 Å². The lowest BCUT2D eigenvalue weighted by atomic mass is 9.96. The fraction of sp³-hybridized carbons (Fsp3) is 0.867. The SMILES string of the molecule is CCCCCCNC(=O)CSc1nnnn1C1CCCCC1. The number of nitrogens with zero attached hydrogens (tertiary/aromatic N) is 4. The third-order valence-corrected chi connectivity index (χ3v) is 5.00. The Hall–Kier alpha value is -1.11. The van der Waals surface area contributed by atoms with Gasteiger partial charge in [0.25, 0.3) is 0 Å². The lowest BCUT2D eigenvalue weighted by Gasteiger charge is -2.21. The minimum atomic E-state index is 0.0692. The highest BCUT2D eigenvalue weighted by Gasteiger charge is 2.20. The molecule has 1 aliphatic carbocycles. The molecule has 6 nitrogen and oxygen atoms in total. The van der Waals surface area contributed by atoms with E-state index in [4.69, 9.17) is 0 Å². The van der Waals surface area contributed by atoms with Gasteiger partial charge in [0.1, 0.15) is 0 Å². The van der Waals surface area contributed by atoms with Gasteiger partial charge < -0.3 is 5.32 Å². The molecule has 124 valence electrons. The number of thioether (sulfide) groups is 1. The number of carbonyl (C=O) groups is 1. The molecule has 0 atom stereocenters. The third kappa shape index (κ3) is 5.59. The summed E-state index contributed by atoms with van der Waals surface area (Å²) in [6.07, 6.45) is 10.8. The molecule has 0 bridgehead atoms. The summed E-state index contributed by atoms with van der Waals surface area (Å²) in [5, 5.41) is 15.7. The van der Waals surface area contributed by atoms with Crippen molar-refractivity contribution in [2.24, 2.45) is 0 Å². The summed E-state index contributed by atoms with van der Waals surface area (Å²) in [4.78, 5) is 11.8. The Morgan fingerprint density at radius 2 is 2.09 bits per heavy atom. The summed E-state index contributed by atoms with van der Waals surface area (Å²) >= 11 is 1.44. The second kappa shape index (κ2) is 9.82. The molecular formula is C15H27N5OS. The number of tetrazole rings is 1. The summed E-state index contributed by atoms with van der Waals surface area (Å²) in [5.74, 6) is 0.459. The van der Waals surface area contributed by atoms with Gasteiger partial charge in [0.2, 0.25) is 11.1 Å². The number of hydrogen-bond acceptors (Lipinski definition) is 5. The van der Waals surface area contributed by atoms with Crippen LogP contribution in [0.1, 0.15) is 70.8 Å². The highest BCUT2D eigenvalue weighted by atomic mass is 32.2.